The Kier molecular flexibility index (Phi) is 7.40. The van der Waals surface area contributed by atoms with Crippen LogP contribution in [0.2, 0.25) is 0 Å². The Morgan fingerprint density at radius 2 is 1.84 bits per heavy atom. The predicted molar refractivity (Wildman–Crippen MR) is 126 cm³/mol. The fourth-order valence-corrected chi connectivity index (χ4v) is 6.20. The van der Waals surface area contributed by atoms with Crippen molar-refractivity contribution < 1.29 is 14.4 Å². The van der Waals surface area contributed by atoms with Crippen molar-refractivity contribution in [3.05, 3.63) is 35.4 Å². The zero-order valence-electron chi connectivity index (χ0n) is 19.1. The average Bonchev–Trinajstić information content (AvgIpc) is 3.28. The van der Waals surface area contributed by atoms with Gasteiger partial charge in [0.25, 0.3) is 5.91 Å². The van der Waals surface area contributed by atoms with E-state index in [0.29, 0.717) is 42.4 Å². The minimum Gasteiger partial charge on any atom is -0.352 e. The maximum Gasteiger partial charge on any atom is 0.251 e. The zero-order chi connectivity index (χ0) is 22.7. The minimum atomic E-state index is -0.317. The van der Waals surface area contributed by atoms with Crippen molar-refractivity contribution in [3.8, 4) is 0 Å². The molecule has 3 fully saturated rings. The highest BCUT2D eigenvalue weighted by Crippen LogP contribution is 2.27. The molecule has 8 heteroatoms. The number of piperidine rings is 1. The van der Waals surface area contributed by atoms with Gasteiger partial charge >= 0.3 is 0 Å². The Morgan fingerprint density at radius 1 is 1.12 bits per heavy atom. The second-order valence-corrected chi connectivity index (χ2v) is 10.2. The van der Waals surface area contributed by atoms with E-state index in [9.17, 15) is 14.4 Å². The van der Waals surface area contributed by atoms with E-state index < -0.39 is 0 Å². The van der Waals surface area contributed by atoms with Gasteiger partial charge < -0.3 is 15.1 Å². The number of nitrogens with one attached hydrogen (secondary N) is 1. The van der Waals surface area contributed by atoms with Crippen LogP contribution in [0.3, 0.4) is 0 Å². The van der Waals surface area contributed by atoms with Crippen molar-refractivity contribution in [1.82, 2.24) is 20.0 Å². The summed E-state index contributed by atoms with van der Waals surface area (Å²) in [5.41, 5.74) is 1.54. The first-order chi connectivity index (χ1) is 15.4. The molecule has 0 unspecified atom stereocenters. The standard InChI is InChI=1S/C24H34N4O3S/c1-17-5-3-6-18(2)27(17)12-4-11-25-23(30)20-9-7-19(8-10-20)13-26-14-22(29)28-16-32-15-21(28)24(26)31/h7-10,17-18,21H,3-6,11-16H2,1-2H3,(H,25,30)/t17-,18+,21-/m1/s1. The number of hydrogen-bond donors (Lipinski definition) is 1. The molecule has 1 N–H and O–H groups in total. The SMILES string of the molecule is C[C@@H]1CCC[C@H](C)N1CCCNC(=O)c1ccc(CN2CC(=O)N3CSC[C@@H]3C2=O)cc1. The molecule has 0 radical (unpaired) electrons. The topological polar surface area (TPSA) is 73.0 Å². The third-order valence-electron chi connectivity index (χ3n) is 6.97. The molecule has 0 bridgehead atoms. The van der Waals surface area contributed by atoms with Crippen molar-refractivity contribution in [3.63, 3.8) is 0 Å². The third-order valence-corrected chi connectivity index (χ3v) is 7.98. The van der Waals surface area contributed by atoms with E-state index in [1.54, 1.807) is 33.7 Å². The lowest BCUT2D eigenvalue weighted by molar-refractivity contribution is -0.153. The van der Waals surface area contributed by atoms with Gasteiger partial charge in [-0.15, -0.1) is 11.8 Å². The molecule has 0 aromatic heterocycles. The molecule has 3 saturated heterocycles. The summed E-state index contributed by atoms with van der Waals surface area (Å²) in [4.78, 5) is 43.4. The Labute approximate surface area is 194 Å². The maximum absolute atomic E-state index is 12.7. The molecule has 3 heterocycles. The summed E-state index contributed by atoms with van der Waals surface area (Å²) in [6.07, 6.45) is 4.78. The molecule has 1 aromatic rings. The van der Waals surface area contributed by atoms with Crippen LogP contribution >= 0.6 is 11.8 Å². The number of hydrogen-bond acceptors (Lipinski definition) is 5. The van der Waals surface area contributed by atoms with Crippen molar-refractivity contribution >= 4 is 29.5 Å². The summed E-state index contributed by atoms with van der Waals surface area (Å²) >= 11 is 1.63. The lowest BCUT2D eigenvalue weighted by Gasteiger charge is -2.39. The molecule has 0 spiro atoms. The van der Waals surface area contributed by atoms with Gasteiger partial charge in [0.1, 0.15) is 12.6 Å². The van der Waals surface area contributed by atoms with E-state index in [4.69, 9.17) is 0 Å². The van der Waals surface area contributed by atoms with Crippen LogP contribution in [-0.2, 0) is 16.1 Å². The predicted octanol–water partition coefficient (Wildman–Crippen LogP) is 2.31. The highest BCUT2D eigenvalue weighted by molar-refractivity contribution is 7.99. The number of benzene rings is 1. The van der Waals surface area contributed by atoms with E-state index in [2.05, 4.69) is 24.1 Å². The van der Waals surface area contributed by atoms with Crippen LogP contribution in [0.5, 0.6) is 0 Å². The molecule has 1 aromatic carbocycles. The molecular weight excluding hydrogens is 424 g/mol. The number of carbonyl (C=O) groups excluding carboxylic acids is 3. The molecule has 4 rings (SSSR count). The van der Waals surface area contributed by atoms with Gasteiger partial charge in [0.15, 0.2) is 0 Å². The molecule has 3 amide bonds. The molecule has 3 atom stereocenters. The van der Waals surface area contributed by atoms with Gasteiger partial charge in [-0.1, -0.05) is 18.6 Å². The summed E-state index contributed by atoms with van der Waals surface area (Å²) < 4.78 is 0. The normalized spacial score (nSPS) is 26.4. The van der Waals surface area contributed by atoms with Gasteiger partial charge in [-0.3, -0.25) is 19.3 Å². The number of amides is 3. The van der Waals surface area contributed by atoms with Crippen LogP contribution in [-0.4, -0.2) is 81.8 Å². The lowest BCUT2D eigenvalue weighted by Crippen LogP contribution is -2.57. The fraction of sp³-hybridized carbons (Fsp3) is 0.625. The van der Waals surface area contributed by atoms with E-state index in [0.717, 1.165) is 18.5 Å². The Hall–Kier alpha value is -2.06. The molecular formula is C24H34N4O3S. The second kappa shape index (κ2) is 10.3. The number of nitrogens with zero attached hydrogens (tertiary/aromatic N) is 3. The van der Waals surface area contributed by atoms with E-state index >= 15 is 0 Å². The summed E-state index contributed by atoms with van der Waals surface area (Å²) in [5.74, 6) is 1.26. The van der Waals surface area contributed by atoms with Gasteiger partial charge in [0.2, 0.25) is 11.8 Å². The molecule has 3 aliphatic rings. The molecule has 3 aliphatic heterocycles. The Morgan fingerprint density at radius 3 is 2.56 bits per heavy atom. The molecule has 32 heavy (non-hydrogen) atoms. The first kappa shape index (κ1) is 23.1. The van der Waals surface area contributed by atoms with Gasteiger partial charge in [-0.25, -0.2) is 0 Å². The van der Waals surface area contributed by atoms with Gasteiger partial charge in [-0.2, -0.15) is 0 Å². The van der Waals surface area contributed by atoms with Crippen molar-refractivity contribution in [2.24, 2.45) is 0 Å². The number of piperazine rings is 1. The Balaban J connectivity index is 1.24. The first-order valence-corrected chi connectivity index (χ1v) is 12.9. The molecule has 0 aliphatic carbocycles. The van der Waals surface area contributed by atoms with E-state index in [-0.39, 0.29) is 30.3 Å². The fourth-order valence-electron chi connectivity index (χ4n) is 5.03. The molecule has 7 nitrogen and oxygen atoms in total. The average molecular weight is 459 g/mol. The van der Waals surface area contributed by atoms with Crippen LogP contribution in [0.4, 0.5) is 0 Å². The van der Waals surface area contributed by atoms with Crippen molar-refractivity contribution in [1.29, 1.82) is 0 Å². The summed E-state index contributed by atoms with van der Waals surface area (Å²) in [6.45, 7) is 6.80. The van der Waals surface area contributed by atoms with Crippen LogP contribution in [0, 0.1) is 0 Å². The minimum absolute atomic E-state index is 0.0175. The van der Waals surface area contributed by atoms with E-state index in [1.165, 1.54) is 19.3 Å². The number of rotatable bonds is 7. The highest BCUT2D eigenvalue weighted by atomic mass is 32.2. The third kappa shape index (κ3) is 5.12. The largest absolute Gasteiger partial charge is 0.352 e. The zero-order valence-corrected chi connectivity index (χ0v) is 19.9. The van der Waals surface area contributed by atoms with Gasteiger partial charge in [0, 0.05) is 43.0 Å². The number of thioether (sulfide) groups is 1. The molecule has 174 valence electrons. The Bertz CT molecular complexity index is 836. The van der Waals surface area contributed by atoms with Gasteiger partial charge in [-0.05, 0) is 50.8 Å². The molecule has 0 saturated carbocycles. The van der Waals surface area contributed by atoms with Crippen molar-refractivity contribution in [2.45, 2.75) is 64.2 Å². The second-order valence-electron chi connectivity index (χ2n) is 9.25. The van der Waals surface area contributed by atoms with E-state index in [1.807, 2.05) is 12.1 Å². The summed E-state index contributed by atoms with van der Waals surface area (Å²) in [5, 5.41) is 3.02. The van der Waals surface area contributed by atoms with Crippen LogP contribution in [0.1, 0.15) is 55.5 Å². The maximum atomic E-state index is 12.7. The lowest BCUT2D eigenvalue weighted by atomic mass is 9.97. The van der Waals surface area contributed by atoms with Crippen molar-refractivity contribution in [2.75, 3.05) is 31.3 Å². The monoisotopic (exact) mass is 458 g/mol. The van der Waals surface area contributed by atoms with Crippen LogP contribution in [0.15, 0.2) is 24.3 Å². The number of fused-ring (bicyclic) bond motifs is 1. The number of likely N-dealkylation sites (tertiary alicyclic amines) is 1. The smallest absolute Gasteiger partial charge is 0.251 e. The quantitative estimate of drug-likeness (QED) is 0.635. The summed E-state index contributed by atoms with van der Waals surface area (Å²) in [7, 11) is 0. The first-order valence-electron chi connectivity index (χ1n) is 11.7. The van der Waals surface area contributed by atoms with Crippen LogP contribution < -0.4 is 5.32 Å². The van der Waals surface area contributed by atoms with Gasteiger partial charge in [0.05, 0.1) is 5.88 Å². The highest BCUT2D eigenvalue weighted by Gasteiger charge is 2.42. The van der Waals surface area contributed by atoms with Crippen LogP contribution in [0.25, 0.3) is 0 Å². The number of carbonyl (C=O) groups is 3. The summed E-state index contributed by atoms with van der Waals surface area (Å²) in [6, 6.07) is 8.28.